The van der Waals surface area contributed by atoms with Crippen LogP contribution in [0.3, 0.4) is 0 Å². The molecule has 0 aromatic heterocycles. The Morgan fingerprint density at radius 2 is 2.24 bits per heavy atom. The number of carbonyl (C=O) groups excluding carboxylic acids is 1. The van der Waals surface area contributed by atoms with Crippen LogP contribution < -0.4 is 10.5 Å². The van der Waals surface area contributed by atoms with Gasteiger partial charge >= 0.3 is 0 Å². The molecule has 0 saturated carbocycles. The number of thioether (sulfide) groups is 1. The van der Waals surface area contributed by atoms with Gasteiger partial charge in [0.15, 0.2) is 0 Å². The molecule has 1 aromatic carbocycles. The molecule has 2 rings (SSSR count). The van der Waals surface area contributed by atoms with Crippen molar-refractivity contribution in [1.82, 2.24) is 4.90 Å². The smallest absolute Gasteiger partial charge is 0.241 e. The Hall–Kier alpha value is -0.910. The van der Waals surface area contributed by atoms with E-state index in [0.29, 0.717) is 24.7 Å². The highest BCUT2D eigenvalue weighted by molar-refractivity contribution is 8.00. The predicted molar refractivity (Wildman–Crippen MR) is 87.9 cm³/mol. The predicted octanol–water partition coefficient (Wildman–Crippen LogP) is 2.53. The summed E-state index contributed by atoms with van der Waals surface area (Å²) < 4.78 is 5.37. The first kappa shape index (κ1) is 16.5. The molecule has 1 aliphatic heterocycles. The lowest BCUT2D eigenvalue weighted by Crippen LogP contribution is -2.53. The average molecular weight is 329 g/mol. The zero-order valence-corrected chi connectivity index (χ0v) is 14.1. The van der Waals surface area contributed by atoms with Crippen LogP contribution in [-0.4, -0.2) is 41.0 Å². The van der Waals surface area contributed by atoms with Gasteiger partial charge in [-0.25, -0.2) is 0 Å². The van der Waals surface area contributed by atoms with Crippen molar-refractivity contribution in [2.45, 2.75) is 31.2 Å². The van der Waals surface area contributed by atoms with Crippen LogP contribution in [0.15, 0.2) is 18.2 Å². The molecule has 6 heteroatoms. The number of halogens is 1. The lowest BCUT2D eigenvalue weighted by Gasteiger charge is -2.32. The van der Waals surface area contributed by atoms with Gasteiger partial charge < -0.3 is 15.4 Å². The minimum atomic E-state index is -0.548. The zero-order chi connectivity index (χ0) is 15.6. The molecule has 1 aliphatic rings. The summed E-state index contributed by atoms with van der Waals surface area (Å²) in [4.78, 5) is 14.4. The van der Waals surface area contributed by atoms with E-state index in [-0.39, 0.29) is 10.7 Å². The summed E-state index contributed by atoms with van der Waals surface area (Å²) in [5.41, 5.74) is 7.08. The fourth-order valence-corrected chi connectivity index (χ4v) is 2.72. The first-order valence-electron chi connectivity index (χ1n) is 6.86. The molecule has 1 amide bonds. The zero-order valence-electron chi connectivity index (χ0n) is 12.6. The molecule has 1 aromatic rings. The lowest BCUT2D eigenvalue weighted by atomic mass is 10.0. The molecular weight excluding hydrogens is 308 g/mol. The number of carbonyl (C=O) groups is 1. The summed E-state index contributed by atoms with van der Waals surface area (Å²) in [7, 11) is 0. The molecule has 1 atom stereocenters. The molecule has 0 fully saturated rings. The van der Waals surface area contributed by atoms with Crippen molar-refractivity contribution in [2.24, 2.45) is 5.73 Å². The van der Waals surface area contributed by atoms with Crippen LogP contribution in [0.2, 0.25) is 5.02 Å². The molecule has 0 spiro atoms. The molecule has 116 valence electrons. The highest BCUT2D eigenvalue weighted by Gasteiger charge is 2.35. The van der Waals surface area contributed by atoms with E-state index in [2.05, 4.69) is 0 Å². The Kier molecular flexibility index (Phi) is 5.07. The molecule has 0 bridgehead atoms. The highest BCUT2D eigenvalue weighted by atomic mass is 35.5. The molecule has 4 nitrogen and oxygen atoms in total. The van der Waals surface area contributed by atoms with Gasteiger partial charge in [-0.05, 0) is 38.3 Å². The van der Waals surface area contributed by atoms with Gasteiger partial charge in [-0.2, -0.15) is 11.8 Å². The normalized spacial score (nSPS) is 16.7. The van der Waals surface area contributed by atoms with Gasteiger partial charge in [-0.3, -0.25) is 4.79 Å². The van der Waals surface area contributed by atoms with E-state index in [1.54, 1.807) is 22.7 Å². The van der Waals surface area contributed by atoms with Gasteiger partial charge in [0.1, 0.15) is 12.4 Å². The molecule has 0 aliphatic carbocycles. The van der Waals surface area contributed by atoms with Crippen LogP contribution in [0.1, 0.15) is 19.4 Å². The van der Waals surface area contributed by atoms with Crippen LogP contribution in [0.5, 0.6) is 5.75 Å². The monoisotopic (exact) mass is 328 g/mol. The number of rotatable bonds is 3. The summed E-state index contributed by atoms with van der Waals surface area (Å²) in [6.45, 7) is 5.45. The van der Waals surface area contributed by atoms with Gasteiger partial charge in [0.25, 0.3) is 0 Å². The van der Waals surface area contributed by atoms with Crippen LogP contribution in [0.4, 0.5) is 0 Å². The molecule has 0 saturated heterocycles. The fourth-order valence-electron chi connectivity index (χ4n) is 2.17. The summed E-state index contributed by atoms with van der Waals surface area (Å²) in [6, 6.07) is 4.93. The van der Waals surface area contributed by atoms with E-state index in [0.717, 1.165) is 11.3 Å². The number of ether oxygens (including phenoxy) is 1. The number of amides is 1. The second-order valence-electron chi connectivity index (χ2n) is 5.65. The van der Waals surface area contributed by atoms with Crippen LogP contribution in [0, 0.1) is 0 Å². The lowest BCUT2D eigenvalue weighted by molar-refractivity contribution is -0.133. The number of nitrogens with two attached hydrogens (primary N) is 1. The molecule has 1 heterocycles. The van der Waals surface area contributed by atoms with Gasteiger partial charge in [0, 0.05) is 21.9 Å². The van der Waals surface area contributed by atoms with Crippen molar-refractivity contribution in [2.75, 3.05) is 19.4 Å². The average Bonchev–Trinajstić information content (AvgIpc) is 2.67. The van der Waals surface area contributed by atoms with E-state index in [1.807, 2.05) is 32.2 Å². The van der Waals surface area contributed by atoms with Gasteiger partial charge in [-0.1, -0.05) is 11.6 Å². The Labute approximate surface area is 135 Å². The summed E-state index contributed by atoms with van der Waals surface area (Å²) in [6.07, 6.45) is 1.97. The van der Waals surface area contributed by atoms with Gasteiger partial charge in [0.05, 0.1) is 12.6 Å². The molecular formula is C15H21ClN2O2S. The van der Waals surface area contributed by atoms with E-state index in [9.17, 15) is 4.79 Å². The molecule has 21 heavy (non-hydrogen) atoms. The van der Waals surface area contributed by atoms with Crippen LogP contribution >= 0.6 is 23.4 Å². The van der Waals surface area contributed by atoms with Gasteiger partial charge in [0.2, 0.25) is 5.91 Å². The standard InChI is InChI=1S/C15H21ClN2O2S/c1-15(2,21-3)13(17)14(19)18-6-7-20-12-5-4-11(16)8-10(12)9-18/h4-5,8,13H,6-7,9,17H2,1-3H3/t13-/m1/s1. The molecule has 0 unspecified atom stereocenters. The van der Waals surface area contributed by atoms with E-state index < -0.39 is 6.04 Å². The highest BCUT2D eigenvalue weighted by Crippen LogP contribution is 2.29. The Morgan fingerprint density at radius 1 is 1.52 bits per heavy atom. The van der Waals surface area contributed by atoms with Crippen LogP contribution in [-0.2, 0) is 11.3 Å². The van der Waals surface area contributed by atoms with Crippen molar-refractivity contribution in [3.05, 3.63) is 28.8 Å². The number of hydrogen-bond donors (Lipinski definition) is 1. The quantitative estimate of drug-likeness (QED) is 0.926. The first-order chi connectivity index (χ1) is 9.85. The molecule has 0 radical (unpaired) electrons. The molecule has 2 N–H and O–H groups in total. The van der Waals surface area contributed by atoms with Gasteiger partial charge in [-0.15, -0.1) is 0 Å². The fraction of sp³-hybridized carbons (Fsp3) is 0.533. The Balaban J connectivity index is 2.20. The minimum Gasteiger partial charge on any atom is -0.491 e. The van der Waals surface area contributed by atoms with Crippen molar-refractivity contribution >= 4 is 29.3 Å². The maximum atomic E-state index is 12.7. The first-order valence-corrected chi connectivity index (χ1v) is 8.46. The second-order valence-corrected chi connectivity index (χ2v) is 7.54. The Bertz CT molecular complexity index is 536. The SMILES string of the molecule is CSC(C)(C)[C@H](N)C(=O)N1CCOc2ccc(Cl)cc2C1. The third kappa shape index (κ3) is 3.65. The number of hydrogen-bond acceptors (Lipinski definition) is 4. The van der Waals surface area contributed by atoms with Crippen molar-refractivity contribution in [3.8, 4) is 5.75 Å². The van der Waals surface area contributed by atoms with Crippen molar-refractivity contribution in [1.29, 1.82) is 0 Å². The van der Waals surface area contributed by atoms with Crippen molar-refractivity contribution in [3.63, 3.8) is 0 Å². The summed E-state index contributed by atoms with van der Waals surface area (Å²) in [5, 5.41) is 0.639. The summed E-state index contributed by atoms with van der Waals surface area (Å²) in [5.74, 6) is 0.734. The third-order valence-electron chi connectivity index (χ3n) is 3.86. The maximum absolute atomic E-state index is 12.7. The number of fused-ring (bicyclic) bond motifs is 1. The maximum Gasteiger partial charge on any atom is 0.241 e. The van der Waals surface area contributed by atoms with E-state index in [4.69, 9.17) is 22.1 Å². The van der Waals surface area contributed by atoms with E-state index in [1.165, 1.54) is 0 Å². The Morgan fingerprint density at radius 3 is 2.90 bits per heavy atom. The summed E-state index contributed by atoms with van der Waals surface area (Å²) >= 11 is 7.62. The topological polar surface area (TPSA) is 55.6 Å². The number of benzene rings is 1. The second kappa shape index (κ2) is 6.46. The van der Waals surface area contributed by atoms with Crippen LogP contribution in [0.25, 0.3) is 0 Å². The largest absolute Gasteiger partial charge is 0.491 e. The van der Waals surface area contributed by atoms with E-state index >= 15 is 0 Å². The van der Waals surface area contributed by atoms with Crippen molar-refractivity contribution < 1.29 is 9.53 Å². The number of nitrogens with zero attached hydrogens (tertiary/aromatic N) is 1. The third-order valence-corrected chi connectivity index (χ3v) is 5.40. The minimum absolute atomic E-state index is 0.0502.